The number of carbonyl (C=O) groups is 1. The second kappa shape index (κ2) is 3.50. The maximum atomic E-state index is 11.3. The van der Waals surface area contributed by atoms with E-state index in [0.29, 0.717) is 6.42 Å². The van der Waals surface area contributed by atoms with Crippen LogP contribution in [-0.4, -0.2) is 17.0 Å². The molecule has 0 aliphatic heterocycles. The van der Waals surface area contributed by atoms with Gasteiger partial charge in [-0.15, -0.1) is 0 Å². The number of aliphatic hydroxyl groups is 1. The molecule has 2 rings (SSSR count). The van der Waals surface area contributed by atoms with Crippen LogP contribution in [0.5, 0.6) is 0 Å². The van der Waals surface area contributed by atoms with Crippen LogP contribution >= 0.6 is 0 Å². The molecule has 0 aromatic rings. The topological polar surface area (TPSA) is 37.3 Å². The standard InChI is InChI=1S/C12H18O2/c1-2-12-7-6-10(13)8-9(12)4-3-5-11(12)14/h8,11,14H,2-7H2,1H3. The molecule has 0 radical (unpaired) electrons. The van der Waals surface area contributed by atoms with E-state index in [1.54, 1.807) is 6.08 Å². The molecule has 14 heavy (non-hydrogen) atoms. The second-order valence-corrected chi connectivity index (χ2v) is 4.55. The largest absolute Gasteiger partial charge is 0.392 e. The van der Waals surface area contributed by atoms with Crippen molar-refractivity contribution in [2.75, 3.05) is 0 Å². The molecule has 0 spiro atoms. The molecule has 1 N–H and O–H groups in total. The van der Waals surface area contributed by atoms with Crippen molar-refractivity contribution in [1.82, 2.24) is 0 Å². The van der Waals surface area contributed by atoms with Gasteiger partial charge in [0.15, 0.2) is 5.78 Å². The van der Waals surface area contributed by atoms with Gasteiger partial charge in [0, 0.05) is 11.8 Å². The zero-order valence-electron chi connectivity index (χ0n) is 8.75. The number of hydrogen-bond acceptors (Lipinski definition) is 2. The fourth-order valence-electron chi connectivity index (χ4n) is 3.02. The number of hydrogen-bond donors (Lipinski definition) is 1. The number of rotatable bonds is 1. The Morgan fingerprint density at radius 1 is 1.57 bits per heavy atom. The minimum Gasteiger partial charge on any atom is -0.392 e. The summed E-state index contributed by atoms with van der Waals surface area (Å²) in [7, 11) is 0. The SMILES string of the molecule is CCC12CCC(=O)C=C1CCCC2O. The zero-order chi connectivity index (χ0) is 10.2. The molecule has 2 heteroatoms. The summed E-state index contributed by atoms with van der Waals surface area (Å²) in [5.74, 6) is 0.248. The molecule has 78 valence electrons. The van der Waals surface area contributed by atoms with E-state index in [-0.39, 0.29) is 17.3 Å². The number of fused-ring (bicyclic) bond motifs is 1. The fraction of sp³-hybridized carbons (Fsp3) is 0.750. The molecule has 0 amide bonds. The van der Waals surface area contributed by atoms with Crippen LogP contribution in [0.1, 0.15) is 45.4 Å². The first-order valence-electron chi connectivity index (χ1n) is 5.61. The Morgan fingerprint density at radius 2 is 2.36 bits per heavy atom. The zero-order valence-corrected chi connectivity index (χ0v) is 8.75. The predicted molar refractivity (Wildman–Crippen MR) is 54.9 cm³/mol. The fourth-order valence-corrected chi connectivity index (χ4v) is 3.02. The van der Waals surface area contributed by atoms with E-state index in [0.717, 1.165) is 32.1 Å². The number of allylic oxidation sites excluding steroid dienone is 1. The maximum absolute atomic E-state index is 11.3. The third kappa shape index (κ3) is 1.33. The third-order valence-electron chi connectivity index (χ3n) is 3.98. The lowest BCUT2D eigenvalue weighted by Crippen LogP contribution is -2.42. The summed E-state index contributed by atoms with van der Waals surface area (Å²) < 4.78 is 0. The molecule has 1 fully saturated rings. The molecule has 0 aromatic heterocycles. The Morgan fingerprint density at radius 3 is 3.07 bits per heavy atom. The van der Waals surface area contributed by atoms with Gasteiger partial charge in [0.25, 0.3) is 0 Å². The molecule has 0 aromatic carbocycles. The first-order valence-corrected chi connectivity index (χ1v) is 5.61. The average molecular weight is 194 g/mol. The summed E-state index contributed by atoms with van der Waals surface area (Å²) in [5, 5.41) is 10.1. The predicted octanol–water partition coefficient (Wildman–Crippen LogP) is 2.22. The Kier molecular flexibility index (Phi) is 2.48. The quantitative estimate of drug-likeness (QED) is 0.695. The summed E-state index contributed by atoms with van der Waals surface area (Å²) in [6.45, 7) is 2.12. The molecule has 2 atom stereocenters. The summed E-state index contributed by atoms with van der Waals surface area (Å²) in [4.78, 5) is 11.3. The van der Waals surface area contributed by atoms with Gasteiger partial charge >= 0.3 is 0 Å². The van der Waals surface area contributed by atoms with Gasteiger partial charge in [-0.1, -0.05) is 12.5 Å². The highest BCUT2D eigenvalue weighted by atomic mass is 16.3. The highest BCUT2D eigenvalue weighted by Gasteiger charge is 2.43. The van der Waals surface area contributed by atoms with E-state index in [4.69, 9.17) is 0 Å². The van der Waals surface area contributed by atoms with Gasteiger partial charge < -0.3 is 5.11 Å². The van der Waals surface area contributed by atoms with Gasteiger partial charge in [0.05, 0.1) is 6.10 Å². The van der Waals surface area contributed by atoms with Gasteiger partial charge in [0.2, 0.25) is 0 Å². The van der Waals surface area contributed by atoms with E-state index in [1.165, 1.54) is 5.57 Å². The first-order chi connectivity index (χ1) is 6.69. The Hall–Kier alpha value is -0.630. The molecular weight excluding hydrogens is 176 g/mol. The van der Waals surface area contributed by atoms with E-state index in [1.807, 2.05) is 0 Å². The highest BCUT2D eigenvalue weighted by Crippen LogP contribution is 2.49. The van der Waals surface area contributed by atoms with Crippen molar-refractivity contribution in [3.63, 3.8) is 0 Å². The van der Waals surface area contributed by atoms with Crippen molar-refractivity contribution in [2.45, 2.75) is 51.6 Å². The Labute approximate surface area is 85.0 Å². The van der Waals surface area contributed by atoms with E-state index >= 15 is 0 Å². The van der Waals surface area contributed by atoms with Crippen LogP contribution in [0.2, 0.25) is 0 Å². The van der Waals surface area contributed by atoms with Gasteiger partial charge in [-0.3, -0.25) is 4.79 Å². The molecule has 0 heterocycles. The van der Waals surface area contributed by atoms with Crippen molar-refractivity contribution in [3.8, 4) is 0 Å². The third-order valence-corrected chi connectivity index (χ3v) is 3.98. The number of ketones is 1. The number of aliphatic hydroxyl groups excluding tert-OH is 1. The van der Waals surface area contributed by atoms with Gasteiger partial charge in [-0.2, -0.15) is 0 Å². The van der Waals surface area contributed by atoms with Crippen LogP contribution in [-0.2, 0) is 4.79 Å². The van der Waals surface area contributed by atoms with Gasteiger partial charge in [0.1, 0.15) is 0 Å². The van der Waals surface area contributed by atoms with Crippen LogP contribution in [0, 0.1) is 5.41 Å². The van der Waals surface area contributed by atoms with Crippen molar-refractivity contribution >= 4 is 5.78 Å². The smallest absolute Gasteiger partial charge is 0.155 e. The Bertz CT molecular complexity index is 280. The minimum atomic E-state index is -0.222. The molecule has 1 saturated carbocycles. The summed E-state index contributed by atoms with van der Waals surface area (Å²) in [6, 6.07) is 0. The minimum absolute atomic E-state index is 0.0494. The summed E-state index contributed by atoms with van der Waals surface area (Å²) in [5.41, 5.74) is 1.17. The van der Waals surface area contributed by atoms with Crippen molar-refractivity contribution in [3.05, 3.63) is 11.6 Å². The van der Waals surface area contributed by atoms with Crippen LogP contribution < -0.4 is 0 Å². The lowest BCUT2D eigenvalue weighted by atomic mass is 9.61. The van der Waals surface area contributed by atoms with Crippen molar-refractivity contribution in [1.29, 1.82) is 0 Å². The molecule has 2 aliphatic carbocycles. The molecule has 0 bridgehead atoms. The average Bonchev–Trinajstić information content (AvgIpc) is 2.18. The van der Waals surface area contributed by atoms with E-state index in [2.05, 4.69) is 6.92 Å². The lowest BCUT2D eigenvalue weighted by Gasteiger charge is -2.45. The molecule has 0 saturated heterocycles. The van der Waals surface area contributed by atoms with Crippen molar-refractivity contribution < 1.29 is 9.90 Å². The second-order valence-electron chi connectivity index (χ2n) is 4.55. The monoisotopic (exact) mass is 194 g/mol. The normalized spacial score (nSPS) is 37.7. The molecule has 2 unspecified atom stereocenters. The van der Waals surface area contributed by atoms with Gasteiger partial charge in [-0.25, -0.2) is 0 Å². The van der Waals surface area contributed by atoms with Crippen molar-refractivity contribution in [2.24, 2.45) is 5.41 Å². The highest BCUT2D eigenvalue weighted by molar-refractivity contribution is 5.91. The van der Waals surface area contributed by atoms with E-state index in [9.17, 15) is 9.90 Å². The van der Waals surface area contributed by atoms with Gasteiger partial charge in [-0.05, 0) is 38.2 Å². The lowest BCUT2D eigenvalue weighted by molar-refractivity contribution is -0.116. The summed E-state index contributed by atoms with van der Waals surface area (Å²) >= 11 is 0. The first kappa shape index (κ1) is 9.91. The number of carbonyl (C=O) groups excluding carboxylic acids is 1. The van der Waals surface area contributed by atoms with Crippen LogP contribution in [0.25, 0.3) is 0 Å². The van der Waals surface area contributed by atoms with E-state index < -0.39 is 0 Å². The molecule has 2 aliphatic rings. The van der Waals surface area contributed by atoms with Crippen LogP contribution in [0.4, 0.5) is 0 Å². The molecule has 2 nitrogen and oxygen atoms in total. The summed E-state index contributed by atoms with van der Waals surface area (Å²) in [6.07, 6.45) is 6.96. The maximum Gasteiger partial charge on any atom is 0.155 e. The van der Waals surface area contributed by atoms with Crippen LogP contribution in [0.15, 0.2) is 11.6 Å². The Balaban J connectivity index is 2.37. The molecular formula is C12H18O2. The van der Waals surface area contributed by atoms with Crippen LogP contribution in [0.3, 0.4) is 0 Å².